The number of nitrogens with zero attached hydrogens (tertiary/aromatic N) is 2. The van der Waals surface area contributed by atoms with E-state index in [1.54, 1.807) is 5.51 Å². The van der Waals surface area contributed by atoms with E-state index in [-0.39, 0.29) is 29.9 Å². The van der Waals surface area contributed by atoms with E-state index >= 15 is 0 Å². The first-order chi connectivity index (χ1) is 13.5. The molecular formula is C20H30IN5O2S. The van der Waals surface area contributed by atoms with E-state index in [9.17, 15) is 4.79 Å². The van der Waals surface area contributed by atoms with Crippen LogP contribution >= 0.6 is 35.3 Å². The van der Waals surface area contributed by atoms with Crippen LogP contribution in [0.2, 0.25) is 0 Å². The van der Waals surface area contributed by atoms with Gasteiger partial charge >= 0.3 is 0 Å². The number of ether oxygens (including phenoxy) is 1. The van der Waals surface area contributed by atoms with Crippen LogP contribution in [-0.2, 0) is 6.54 Å². The van der Waals surface area contributed by atoms with E-state index in [1.807, 2.05) is 39.8 Å². The van der Waals surface area contributed by atoms with E-state index in [0.717, 1.165) is 29.1 Å². The Hall–Kier alpha value is -1.88. The van der Waals surface area contributed by atoms with Crippen LogP contribution in [0.15, 0.2) is 28.7 Å². The van der Waals surface area contributed by atoms with E-state index in [0.29, 0.717) is 37.1 Å². The maximum atomic E-state index is 12.1. The molecule has 7 nitrogen and oxygen atoms in total. The van der Waals surface area contributed by atoms with Gasteiger partial charge in [-0.1, -0.05) is 12.1 Å². The number of carbonyl (C=O) groups is 1. The van der Waals surface area contributed by atoms with Crippen molar-refractivity contribution in [2.45, 2.75) is 34.2 Å². The molecule has 0 aliphatic heterocycles. The van der Waals surface area contributed by atoms with Crippen molar-refractivity contribution in [2.24, 2.45) is 4.99 Å². The Labute approximate surface area is 193 Å². The zero-order valence-corrected chi connectivity index (χ0v) is 20.5. The van der Waals surface area contributed by atoms with Gasteiger partial charge in [-0.25, -0.2) is 9.98 Å². The zero-order chi connectivity index (χ0) is 20.4. The number of rotatable bonds is 9. The molecule has 0 fully saturated rings. The molecule has 0 radical (unpaired) electrons. The zero-order valence-electron chi connectivity index (χ0n) is 17.4. The Morgan fingerprint density at radius 1 is 1.17 bits per heavy atom. The van der Waals surface area contributed by atoms with Gasteiger partial charge in [0.05, 0.1) is 24.4 Å². The second-order valence-electron chi connectivity index (χ2n) is 6.19. The van der Waals surface area contributed by atoms with Crippen LogP contribution in [0.4, 0.5) is 0 Å². The van der Waals surface area contributed by atoms with Gasteiger partial charge in [0.1, 0.15) is 10.6 Å². The van der Waals surface area contributed by atoms with Gasteiger partial charge in [0, 0.05) is 25.2 Å². The van der Waals surface area contributed by atoms with Gasteiger partial charge in [-0.15, -0.1) is 35.3 Å². The number of halogens is 1. The van der Waals surface area contributed by atoms with E-state index in [4.69, 9.17) is 4.74 Å². The molecule has 160 valence electrons. The van der Waals surface area contributed by atoms with Crippen LogP contribution in [0, 0.1) is 13.8 Å². The topological polar surface area (TPSA) is 87.6 Å². The van der Waals surface area contributed by atoms with Crippen molar-refractivity contribution in [2.75, 3.05) is 26.2 Å². The molecule has 1 aromatic carbocycles. The molecule has 9 heteroatoms. The molecule has 2 aromatic rings. The van der Waals surface area contributed by atoms with Crippen molar-refractivity contribution in [3.63, 3.8) is 0 Å². The maximum absolute atomic E-state index is 12.1. The minimum absolute atomic E-state index is 0. The monoisotopic (exact) mass is 531 g/mol. The number of guanidine groups is 1. The van der Waals surface area contributed by atoms with Gasteiger partial charge in [-0.05, 0) is 39.3 Å². The number of thiazole rings is 1. The molecule has 2 rings (SSSR count). The first kappa shape index (κ1) is 25.2. The van der Waals surface area contributed by atoms with Crippen LogP contribution in [0.3, 0.4) is 0 Å². The molecule has 0 saturated heterocycles. The molecule has 0 aliphatic carbocycles. The number of amides is 1. The first-order valence-corrected chi connectivity index (χ1v) is 10.4. The summed E-state index contributed by atoms with van der Waals surface area (Å²) in [6, 6.07) is 6.14. The molecule has 1 heterocycles. The van der Waals surface area contributed by atoms with Crippen LogP contribution in [0.1, 0.15) is 40.3 Å². The number of carbonyl (C=O) groups excluding carboxylic acids is 1. The maximum Gasteiger partial charge on any atom is 0.263 e. The summed E-state index contributed by atoms with van der Waals surface area (Å²) < 4.78 is 5.72. The summed E-state index contributed by atoms with van der Waals surface area (Å²) in [5, 5.41) is 9.35. The van der Waals surface area contributed by atoms with Crippen molar-refractivity contribution >= 4 is 47.2 Å². The lowest BCUT2D eigenvalue weighted by molar-refractivity contribution is 0.0957. The summed E-state index contributed by atoms with van der Waals surface area (Å²) in [6.07, 6.45) is 0. The number of nitrogens with one attached hydrogen (secondary N) is 3. The lowest BCUT2D eigenvalue weighted by Crippen LogP contribution is -2.41. The second kappa shape index (κ2) is 13.4. The number of hydrogen-bond donors (Lipinski definition) is 3. The molecule has 0 unspecified atom stereocenters. The highest BCUT2D eigenvalue weighted by atomic mass is 127. The lowest BCUT2D eigenvalue weighted by Gasteiger charge is -2.13. The minimum atomic E-state index is -0.0928. The molecular weight excluding hydrogens is 501 g/mol. The van der Waals surface area contributed by atoms with Crippen molar-refractivity contribution in [3.05, 3.63) is 45.4 Å². The summed E-state index contributed by atoms with van der Waals surface area (Å²) in [7, 11) is 0. The molecule has 1 amide bonds. The number of aliphatic imine (C=N–C) groups is 1. The Morgan fingerprint density at radius 3 is 2.59 bits per heavy atom. The van der Waals surface area contributed by atoms with Gasteiger partial charge in [0.2, 0.25) is 0 Å². The largest absolute Gasteiger partial charge is 0.494 e. The van der Waals surface area contributed by atoms with Gasteiger partial charge in [-0.3, -0.25) is 4.79 Å². The fourth-order valence-electron chi connectivity index (χ4n) is 2.55. The second-order valence-corrected chi connectivity index (χ2v) is 7.04. The predicted molar refractivity (Wildman–Crippen MR) is 130 cm³/mol. The van der Waals surface area contributed by atoms with E-state index in [1.165, 1.54) is 11.3 Å². The third-order valence-electron chi connectivity index (χ3n) is 3.93. The Balaban J connectivity index is 0.00000420. The van der Waals surface area contributed by atoms with Crippen LogP contribution < -0.4 is 20.7 Å². The van der Waals surface area contributed by atoms with Gasteiger partial charge < -0.3 is 20.7 Å². The average molecular weight is 531 g/mol. The smallest absolute Gasteiger partial charge is 0.263 e. The third kappa shape index (κ3) is 8.17. The van der Waals surface area contributed by atoms with Crippen molar-refractivity contribution in [1.29, 1.82) is 0 Å². The predicted octanol–water partition coefficient (Wildman–Crippen LogP) is 3.26. The van der Waals surface area contributed by atoms with Crippen molar-refractivity contribution in [1.82, 2.24) is 20.9 Å². The first-order valence-electron chi connectivity index (χ1n) is 9.47. The molecule has 0 spiro atoms. The van der Waals surface area contributed by atoms with Crippen molar-refractivity contribution < 1.29 is 9.53 Å². The summed E-state index contributed by atoms with van der Waals surface area (Å²) in [5.74, 6) is 1.48. The molecule has 1 aromatic heterocycles. The van der Waals surface area contributed by atoms with Crippen LogP contribution in [0.25, 0.3) is 0 Å². The normalized spacial score (nSPS) is 10.8. The summed E-state index contributed by atoms with van der Waals surface area (Å²) in [5.41, 5.74) is 4.64. The number of hydrogen-bond acceptors (Lipinski definition) is 5. The molecule has 0 aliphatic rings. The third-order valence-corrected chi connectivity index (χ3v) is 4.86. The van der Waals surface area contributed by atoms with Crippen molar-refractivity contribution in [3.8, 4) is 5.75 Å². The fourth-order valence-corrected chi connectivity index (χ4v) is 3.26. The van der Waals surface area contributed by atoms with E-state index in [2.05, 4.69) is 32.0 Å². The molecule has 29 heavy (non-hydrogen) atoms. The quantitative estimate of drug-likeness (QED) is 0.200. The Bertz CT molecular complexity index is 810. The van der Waals surface area contributed by atoms with Crippen LogP contribution in [-0.4, -0.2) is 43.1 Å². The average Bonchev–Trinajstić information content (AvgIpc) is 3.10. The highest BCUT2D eigenvalue weighted by Gasteiger charge is 2.10. The SMILES string of the molecule is CCNC(=NCc1ccc(C)cc1OCC)NCCNC(=O)c1scnc1C.I. The highest BCUT2D eigenvalue weighted by molar-refractivity contribution is 14.0. The van der Waals surface area contributed by atoms with Gasteiger partial charge in [-0.2, -0.15) is 0 Å². The fraction of sp³-hybridized carbons (Fsp3) is 0.450. The van der Waals surface area contributed by atoms with E-state index < -0.39 is 0 Å². The number of aromatic nitrogens is 1. The molecule has 3 N–H and O–H groups in total. The molecule has 0 atom stereocenters. The summed E-state index contributed by atoms with van der Waals surface area (Å²) in [4.78, 5) is 21.5. The standard InChI is InChI=1S/C20H29N5O2S.HI/c1-5-21-20(23-10-9-22-19(26)18-15(4)25-13-28-18)24-12-16-8-7-14(3)11-17(16)27-6-2;/h7-8,11,13H,5-6,9-10,12H2,1-4H3,(H,22,26)(H2,21,23,24);1H. The summed E-state index contributed by atoms with van der Waals surface area (Å²) >= 11 is 1.35. The highest BCUT2D eigenvalue weighted by Crippen LogP contribution is 2.21. The minimum Gasteiger partial charge on any atom is -0.494 e. The molecule has 0 saturated carbocycles. The number of aryl methyl sites for hydroxylation is 2. The Kier molecular flexibility index (Phi) is 11.6. The summed E-state index contributed by atoms with van der Waals surface area (Å²) in [6.45, 7) is 10.8. The molecule has 0 bridgehead atoms. The Morgan fingerprint density at radius 2 is 1.93 bits per heavy atom. The number of benzene rings is 1. The lowest BCUT2D eigenvalue weighted by atomic mass is 10.1. The van der Waals surface area contributed by atoms with Gasteiger partial charge in [0.25, 0.3) is 5.91 Å². The van der Waals surface area contributed by atoms with Gasteiger partial charge in [0.15, 0.2) is 5.96 Å². The van der Waals surface area contributed by atoms with Crippen LogP contribution in [0.5, 0.6) is 5.75 Å².